The molecule has 0 fully saturated rings. The molecule has 0 aliphatic heterocycles. The van der Waals surface area contributed by atoms with E-state index in [-0.39, 0.29) is 159 Å². The van der Waals surface area contributed by atoms with Crippen molar-refractivity contribution >= 4 is 44.0 Å². The monoisotopic (exact) mass is 262 g/mol. The van der Waals surface area contributed by atoms with Gasteiger partial charge in [-0.3, -0.25) is 8.92 Å². The maximum Gasteiger partial charge on any atom is 1.00 e. The van der Waals surface area contributed by atoms with Gasteiger partial charge in [-0.1, -0.05) is 0 Å². The summed E-state index contributed by atoms with van der Waals surface area (Å²) in [5, 5.41) is 0. The fourth-order valence-electron chi connectivity index (χ4n) is 0. The molecule has 0 aromatic heterocycles. The van der Waals surface area contributed by atoms with Gasteiger partial charge >= 0.3 is 112 Å². The van der Waals surface area contributed by atoms with Gasteiger partial charge in [-0.2, -0.15) is 0 Å². The van der Waals surface area contributed by atoms with Gasteiger partial charge in [0.25, 0.3) is 0 Å². The Labute approximate surface area is 173 Å². The van der Waals surface area contributed by atoms with Crippen molar-refractivity contribution in [2.45, 2.75) is 0 Å². The molecule has 6 radical (unpaired) electrons. The summed E-state index contributed by atoms with van der Waals surface area (Å²) < 4.78 is 16.8. The topological polar surface area (TPSA) is 157 Å². The molecule has 11 heavy (non-hydrogen) atoms. The molecule has 11 heteroatoms. The van der Waals surface area contributed by atoms with Crippen molar-refractivity contribution in [3.05, 3.63) is 0 Å². The molecule has 0 atom stereocenters. The van der Waals surface area contributed by atoms with E-state index in [0.717, 1.165) is 0 Å². The van der Waals surface area contributed by atoms with Gasteiger partial charge in [-0.05, 0) is 0 Å². The molecule has 0 saturated carbocycles. The third-order valence-corrected chi connectivity index (χ3v) is 0. The quantitative estimate of drug-likeness (QED) is 0.397. The molecule has 54 valence electrons. The van der Waals surface area contributed by atoms with E-state index in [4.69, 9.17) is 8.92 Å². The predicted molar refractivity (Wildman–Crippen MR) is 30.2 cm³/mol. The number of rotatable bonds is 0. The Balaban J connectivity index is -0.000000000714. The minimum atomic E-state index is -1.42. The first kappa shape index (κ1) is 81.7. The third kappa shape index (κ3) is 126. The second-order valence-electron chi connectivity index (χ2n) is 0.0833. The maximum atomic E-state index is 8.40. The molecule has 6 nitrogen and oxygen atoms in total. The molecule has 0 heterocycles. The second kappa shape index (κ2) is 94.7. The van der Waals surface area contributed by atoms with Crippen molar-refractivity contribution in [1.82, 2.24) is 0 Å². The van der Waals surface area contributed by atoms with Crippen LogP contribution in [0.15, 0.2) is 0 Å². The van der Waals surface area contributed by atoms with Crippen LogP contribution in [0.25, 0.3) is 0 Å². The summed E-state index contributed by atoms with van der Waals surface area (Å²) in [6, 6.07) is 0. The Bertz CT molecular complexity index is 39.6. The first-order valence-electron chi connectivity index (χ1n) is 0.408. The molecule has 0 rings (SSSR count). The molecule has 0 amide bonds. The fourth-order valence-corrected chi connectivity index (χ4v) is 0. The van der Waals surface area contributed by atoms with E-state index in [0.29, 0.717) is 0 Å². The zero-order chi connectivity index (χ0) is 2.71. The molecule has 0 aromatic carbocycles. The van der Waals surface area contributed by atoms with Gasteiger partial charge in [-0.25, -0.2) is 0 Å². The van der Waals surface area contributed by atoms with Gasteiger partial charge in [0.15, 0.2) is 0 Å². The van der Waals surface area contributed by atoms with Gasteiger partial charge in [-0.15, -0.1) is 0 Å². The Morgan fingerprint density at radius 3 is 0.727 bits per heavy atom. The standard InChI is InChI=1S/2Al.2K.O2Si.3H2O.O/c;;;;1-3-2;;;;/h;;;;;3*1H2;/q;;2*+1;;;;;-2. The molecule has 0 bridgehead atoms. The van der Waals surface area contributed by atoms with Crippen LogP contribution in [-0.2, 0) is 14.4 Å². The third-order valence-electron chi connectivity index (χ3n) is 0. The van der Waals surface area contributed by atoms with Crippen LogP contribution < -0.4 is 103 Å². The zero-order valence-electron chi connectivity index (χ0n) is 6.38. The van der Waals surface area contributed by atoms with Crippen molar-refractivity contribution in [1.29, 1.82) is 0 Å². The molecule has 0 spiro atoms. The van der Waals surface area contributed by atoms with Gasteiger partial charge in [0.05, 0.1) is 0 Å². The molecule has 0 unspecified atom stereocenters. The first-order chi connectivity index (χ1) is 1.41. The van der Waals surface area contributed by atoms with E-state index >= 15 is 0 Å². The fraction of sp³-hybridized carbons (Fsp3) is 0. The van der Waals surface area contributed by atoms with E-state index in [9.17, 15) is 0 Å². The summed E-state index contributed by atoms with van der Waals surface area (Å²) in [5.74, 6) is 0. The second-order valence-corrected chi connectivity index (χ2v) is 0.250. The first-order valence-corrected chi connectivity index (χ1v) is 1.22. The van der Waals surface area contributed by atoms with Crippen molar-refractivity contribution in [3.63, 3.8) is 0 Å². The van der Waals surface area contributed by atoms with Crippen molar-refractivity contribution in [2.24, 2.45) is 0 Å². The van der Waals surface area contributed by atoms with Crippen LogP contribution in [0.1, 0.15) is 0 Å². The SMILES string of the molecule is O.O.O.O=[Si]=O.[Al].[Al].[K+].[K+].[O-2]. The van der Waals surface area contributed by atoms with Gasteiger partial charge in [0.2, 0.25) is 0 Å². The van der Waals surface area contributed by atoms with Gasteiger partial charge < -0.3 is 21.9 Å². The zero-order valence-corrected chi connectivity index (χ0v) is 15.9. The summed E-state index contributed by atoms with van der Waals surface area (Å²) in [5.41, 5.74) is 0. The van der Waals surface area contributed by atoms with Crippen LogP contribution >= 0.6 is 0 Å². The van der Waals surface area contributed by atoms with Crippen molar-refractivity contribution in [2.75, 3.05) is 0 Å². The van der Waals surface area contributed by atoms with E-state index in [1.807, 2.05) is 0 Å². The Kier molecular flexibility index (Phi) is 704. The van der Waals surface area contributed by atoms with E-state index < -0.39 is 9.29 Å². The van der Waals surface area contributed by atoms with Crippen molar-refractivity contribution in [3.8, 4) is 0 Å². The minimum Gasteiger partial charge on any atom is -2.00 e. The van der Waals surface area contributed by atoms with Crippen LogP contribution in [-0.4, -0.2) is 60.4 Å². The van der Waals surface area contributed by atoms with E-state index in [2.05, 4.69) is 0 Å². The summed E-state index contributed by atoms with van der Waals surface area (Å²) in [6.07, 6.45) is 0. The average Bonchev–Trinajstić information content (AvgIpc) is 0.918. The number of hydrogen-bond donors (Lipinski definition) is 0. The molecule has 0 aliphatic rings. The molecule has 0 aliphatic carbocycles. The molecular formula is H6Al2K2O6Si. The molecule has 6 N–H and O–H groups in total. The molecular weight excluding hydrogens is 256 g/mol. The maximum absolute atomic E-state index is 8.40. The van der Waals surface area contributed by atoms with Crippen LogP contribution in [0.3, 0.4) is 0 Å². The van der Waals surface area contributed by atoms with Crippen LogP contribution in [0.4, 0.5) is 0 Å². The summed E-state index contributed by atoms with van der Waals surface area (Å²) in [6.45, 7) is 0. The molecule has 0 aromatic rings. The smallest absolute Gasteiger partial charge is 1.00 e. The summed E-state index contributed by atoms with van der Waals surface area (Å²) in [4.78, 5) is 0. The Morgan fingerprint density at radius 2 is 0.727 bits per heavy atom. The Hall–Kier alpha value is 3.99. The summed E-state index contributed by atoms with van der Waals surface area (Å²) in [7, 11) is -1.42. The van der Waals surface area contributed by atoms with Crippen molar-refractivity contribution < 1.29 is 134 Å². The van der Waals surface area contributed by atoms with Gasteiger partial charge in [0, 0.05) is 34.7 Å². The van der Waals surface area contributed by atoms with Gasteiger partial charge in [0.1, 0.15) is 0 Å². The largest absolute Gasteiger partial charge is 2.00 e. The minimum absolute atomic E-state index is 0. The van der Waals surface area contributed by atoms with E-state index in [1.165, 1.54) is 0 Å². The number of hydrogen-bond acceptors (Lipinski definition) is 2. The normalized spacial score (nSPS) is 0.727. The predicted octanol–water partition coefficient (Wildman–Crippen LogP) is -9.96. The Morgan fingerprint density at radius 1 is 0.727 bits per heavy atom. The average molecular weight is 262 g/mol. The van der Waals surface area contributed by atoms with Crippen LogP contribution in [0, 0.1) is 0 Å². The van der Waals surface area contributed by atoms with Crippen LogP contribution in [0.2, 0.25) is 0 Å². The van der Waals surface area contributed by atoms with Crippen LogP contribution in [0.5, 0.6) is 0 Å². The molecule has 0 saturated heterocycles. The van der Waals surface area contributed by atoms with E-state index in [1.54, 1.807) is 0 Å². The summed E-state index contributed by atoms with van der Waals surface area (Å²) >= 11 is 0.